The van der Waals surface area contributed by atoms with Gasteiger partial charge < -0.3 is 19.7 Å². The SMILES string of the molecule is O=C(Nc1ccc2c(c1)OCO2)C1CCN(C(=O)c2ccc(=O)n(Cc3ccccc3)n2)CC1. The van der Waals surface area contributed by atoms with E-state index in [4.69, 9.17) is 9.47 Å². The molecule has 3 aromatic rings. The lowest BCUT2D eigenvalue weighted by atomic mass is 9.95. The van der Waals surface area contributed by atoms with Gasteiger partial charge in [0.15, 0.2) is 11.5 Å². The maximum atomic E-state index is 13.0. The third-order valence-electron chi connectivity index (χ3n) is 6.05. The second-order valence-corrected chi connectivity index (χ2v) is 8.32. The number of likely N-dealkylation sites (tertiary alicyclic amines) is 1. The molecule has 2 aromatic carbocycles. The van der Waals surface area contributed by atoms with Gasteiger partial charge in [-0.15, -0.1) is 0 Å². The number of carbonyl (C=O) groups is 2. The van der Waals surface area contributed by atoms with Gasteiger partial charge in [0.1, 0.15) is 5.69 Å². The van der Waals surface area contributed by atoms with Crippen LogP contribution in [-0.4, -0.2) is 46.4 Å². The number of nitrogens with one attached hydrogen (secondary N) is 1. The molecule has 0 atom stereocenters. The number of nitrogens with zero attached hydrogens (tertiary/aromatic N) is 3. The first-order chi connectivity index (χ1) is 16.6. The van der Waals surface area contributed by atoms with E-state index in [9.17, 15) is 14.4 Å². The van der Waals surface area contributed by atoms with E-state index >= 15 is 0 Å². The van der Waals surface area contributed by atoms with Crippen LogP contribution in [0.4, 0.5) is 5.69 Å². The Bertz CT molecular complexity index is 1270. The fourth-order valence-electron chi connectivity index (χ4n) is 4.16. The Balaban J connectivity index is 1.19. The second kappa shape index (κ2) is 9.38. The van der Waals surface area contributed by atoms with Crippen molar-refractivity contribution in [1.82, 2.24) is 14.7 Å². The Morgan fingerprint density at radius 2 is 1.74 bits per heavy atom. The van der Waals surface area contributed by atoms with E-state index < -0.39 is 0 Å². The molecule has 1 fully saturated rings. The van der Waals surface area contributed by atoms with E-state index in [1.165, 1.54) is 16.8 Å². The van der Waals surface area contributed by atoms with Crippen LogP contribution in [0.2, 0.25) is 0 Å². The maximum Gasteiger partial charge on any atom is 0.274 e. The van der Waals surface area contributed by atoms with Crippen LogP contribution < -0.4 is 20.3 Å². The van der Waals surface area contributed by atoms with Crippen molar-refractivity contribution in [3.05, 3.63) is 82.3 Å². The lowest BCUT2D eigenvalue weighted by Crippen LogP contribution is -2.42. The van der Waals surface area contributed by atoms with Crippen molar-refractivity contribution in [3.63, 3.8) is 0 Å². The van der Waals surface area contributed by atoms with Gasteiger partial charge in [0, 0.05) is 36.8 Å². The second-order valence-electron chi connectivity index (χ2n) is 8.32. The molecule has 2 aliphatic heterocycles. The first-order valence-electron chi connectivity index (χ1n) is 11.2. The minimum absolute atomic E-state index is 0.0829. The number of amides is 2. The first kappa shape index (κ1) is 21.7. The molecule has 9 heteroatoms. The molecular formula is C25H24N4O5. The van der Waals surface area contributed by atoms with Gasteiger partial charge >= 0.3 is 0 Å². The van der Waals surface area contributed by atoms with E-state index in [1.807, 2.05) is 30.3 Å². The predicted octanol–water partition coefficient (Wildman–Crippen LogP) is 2.51. The molecule has 34 heavy (non-hydrogen) atoms. The average Bonchev–Trinajstić information content (AvgIpc) is 3.34. The molecule has 2 amide bonds. The highest BCUT2D eigenvalue weighted by molar-refractivity contribution is 5.94. The Labute approximate surface area is 195 Å². The van der Waals surface area contributed by atoms with E-state index in [0.717, 1.165) is 5.56 Å². The molecule has 5 rings (SSSR count). The highest BCUT2D eigenvalue weighted by Gasteiger charge is 2.29. The summed E-state index contributed by atoms with van der Waals surface area (Å²) in [5, 5.41) is 7.22. The van der Waals surface area contributed by atoms with E-state index in [-0.39, 0.29) is 35.8 Å². The highest BCUT2D eigenvalue weighted by Crippen LogP contribution is 2.34. The normalized spacial score (nSPS) is 15.2. The summed E-state index contributed by atoms with van der Waals surface area (Å²) in [6, 6.07) is 17.6. The molecule has 0 radical (unpaired) electrons. The third-order valence-corrected chi connectivity index (χ3v) is 6.05. The zero-order valence-corrected chi connectivity index (χ0v) is 18.5. The number of aromatic nitrogens is 2. The van der Waals surface area contributed by atoms with Crippen molar-refractivity contribution in [2.45, 2.75) is 19.4 Å². The molecule has 9 nitrogen and oxygen atoms in total. The van der Waals surface area contributed by atoms with Crippen LogP contribution in [0.3, 0.4) is 0 Å². The summed E-state index contributed by atoms with van der Waals surface area (Å²) in [6.07, 6.45) is 1.09. The van der Waals surface area contributed by atoms with Crippen LogP contribution in [0, 0.1) is 5.92 Å². The molecule has 0 spiro atoms. The number of rotatable bonds is 5. The Morgan fingerprint density at radius 1 is 0.971 bits per heavy atom. The molecule has 1 saturated heterocycles. The van der Waals surface area contributed by atoms with Crippen molar-refractivity contribution in [2.24, 2.45) is 5.92 Å². The van der Waals surface area contributed by atoms with Crippen molar-refractivity contribution in [2.75, 3.05) is 25.2 Å². The fourth-order valence-corrected chi connectivity index (χ4v) is 4.16. The maximum absolute atomic E-state index is 13.0. The number of ether oxygens (including phenoxy) is 2. The van der Waals surface area contributed by atoms with Gasteiger partial charge in [-0.25, -0.2) is 4.68 Å². The monoisotopic (exact) mass is 460 g/mol. The van der Waals surface area contributed by atoms with E-state index in [2.05, 4.69) is 10.4 Å². The van der Waals surface area contributed by atoms with Crippen molar-refractivity contribution in [3.8, 4) is 11.5 Å². The molecule has 1 aromatic heterocycles. The molecule has 2 aliphatic rings. The summed E-state index contributed by atoms with van der Waals surface area (Å²) in [5.41, 5.74) is 1.53. The largest absolute Gasteiger partial charge is 0.454 e. The van der Waals surface area contributed by atoms with Crippen molar-refractivity contribution in [1.29, 1.82) is 0 Å². The van der Waals surface area contributed by atoms with Gasteiger partial charge in [0.05, 0.1) is 6.54 Å². The number of anilines is 1. The standard InChI is InChI=1S/C25H24N4O5/c30-23-9-7-20(27-29(23)15-17-4-2-1-3-5-17)25(32)28-12-10-18(11-13-28)24(31)26-19-6-8-21-22(14-19)34-16-33-21/h1-9,14,18H,10-13,15-16H2,(H,26,31). The fraction of sp³-hybridized carbons (Fsp3) is 0.280. The van der Waals surface area contributed by atoms with Gasteiger partial charge in [0.25, 0.3) is 11.5 Å². The highest BCUT2D eigenvalue weighted by atomic mass is 16.7. The lowest BCUT2D eigenvalue weighted by molar-refractivity contribution is -0.121. The molecule has 174 valence electrons. The lowest BCUT2D eigenvalue weighted by Gasteiger charge is -2.31. The molecule has 3 heterocycles. The van der Waals surface area contributed by atoms with Gasteiger partial charge in [-0.2, -0.15) is 5.10 Å². The Morgan fingerprint density at radius 3 is 2.53 bits per heavy atom. The van der Waals surface area contributed by atoms with Gasteiger partial charge in [-0.1, -0.05) is 30.3 Å². The van der Waals surface area contributed by atoms with Crippen LogP contribution in [-0.2, 0) is 11.3 Å². The van der Waals surface area contributed by atoms with Gasteiger partial charge in [-0.05, 0) is 36.6 Å². The van der Waals surface area contributed by atoms with Crippen LogP contribution in [0.15, 0.2) is 65.5 Å². The topological polar surface area (TPSA) is 103 Å². The number of hydrogen-bond donors (Lipinski definition) is 1. The van der Waals surface area contributed by atoms with Crippen molar-refractivity contribution >= 4 is 17.5 Å². The predicted molar refractivity (Wildman–Crippen MR) is 124 cm³/mol. The minimum Gasteiger partial charge on any atom is -0.454 e. The van der Waals surface area contributed by atoms with Crippen molar-refractivity contribution < 1.29 is 19.1 Å². The summed E-state index contributed by atoms with van der Waals surface area (Å²) in [4.78, 5) is 39.7. The number of carbonyl (C=O) groups excluding carboxylic acids is 2. The summed E-state index contributed by atoms with van der Waals surface area (Å²) in [7, 11) is 0. The summed E-state index contributed by atoms with van der Waals surface area (Å²) in [6.45, 7) is 1.36. The van der Waals surface area contributed by atoms with Crippen LogP contribution >= 0.6 is 0 Å². The number of hydrogen-bond acceptors (Lipinski definition) is 6. The van der Waals surface area contributed by atoms with Gasteiger partial charge in [-0.3, -0.25) is 14.4 Å². The number of fused-ring (bicyclic) bond motifs is 1. The summed E-state index contributed by atoms with van der Waals surface area (Å²) < 4.78 is 11.9. The first-order valence-corrected chi connectivity index (χ1v) is 11.2. The smallest absolute Gasteiger partial charge is 0.274 e. The van der Waals surface area contributed by atoms with Crippen LogP contribution in [0.25, 0.3) is 0 Å². The minimum atomic E-state index is -0.265. The summed E-state index contributed by atoms with van der Waals surface area (Å²) in [5.74, 6) is 0.749. The molecule has 0 aliphatic carbocycles. The molecular weight excluding hydrogens is 436 g/mol. The number of piperidine rings is 1. The zero-order chi connectivity index (χ0) is 23.5. The van der Waals surface area contributed by atoms with E-state index in [0.29, 0.717) is 49.7 Å². The van der Waals surface area contributed by atoms with Crippen LogP contribution in [0.1, 0.15) is 28.9 Å². The zero-order valence-electron chi connectivity index (χ0n) is 18.5. The average molecular weight is 460 g/mol. The molecule has 1 N–H and O–H groups in total. The number of benzene rings is 2. The Kier molecular flexibility index (Phi) is 5.99. The van der Waals surface area contributed by atoms with E-state index in [1.54, 1.807) is 23.1 Å². The third kappa shape index (κ3) is 4.63. The van der Waals surface area contributed by atoms with Crippen LogP contribution in [0.5, 0.6) is 11.5 Å². The Hall–Kier alpha value is -4.14. The summed E-state index contributed by atoms with van der Waals surface area (Å²) >= 11 is 0. The molecule has 0 unspecified atom stereocenters. The molecule has 0 saturated carbocycles. The quantitative estimate of drug-likeness (QED) is 0.628. The van der Waals surface area contributed by atoms with Gasteiger partial charge in [0.2, 0.25) is 12.7 Å². The molecule has 0 bridgehead atoms.